The number of piperazine rings is 1. The first-order valence-electron chi connectivity index (χ1n) is 8.02. The fourth-order valence-corrected chi connectivity index (χ4v) is 2.65. The van der Waals surface area contributed by atoms with Gasteiger partial charge in [-0.15, -0.1) is 0 Å². The highest BCUT2D eigenvalue weighted by Crippen LogP contribution is 2.11. The van der Waals surface area contributed by atoms with Gasteiger partial charge in [0.2, 0.25) is 5.91 Å². The standard InChI is InChI=1S/C18H20N2O4/c21-17(8-14-23-15-5-2-1-3-6-15)19-9-11-20(12-10-19)18(22)16-7-4-13-24-16/h1-7,13H,8-12,14H2. The Morgan fingerprint density at radius 3 is 2.33 bits per heavy atom. The number of carbonyl (C=O) groups excluding carboxylic acids is 2. The second-order valence-electron chi connectivity index (χ2n) is 5.56. The molecule has 3 rings (SSSR count). The second-order valence-corrected chi connectivity index (χ2v) is 5.56. The number of hydrogen-bond donors (Lipinski definition) is 0. The van der Waals surface area contributed by atoms with Crippen LogP contribution in [0.3, 0.4) is 0 Å². The summed E-state index contributed by atoms with van der Waals surface area (Å²) < 4.78 is 10.7. The van der Waals surface area contributed by atoms with Gasteiger partial charge in [-0.1, -0.05) is 18.2 Å². The first-order chi connectivity index (χ1) is 11.7. The number of benzene rings is 1. The number of rotatable bonds is 5. The van der Waals surface area contributed by atoms with E-state index in [2.05, 4.69) is 0 Å². The van der Waals surface area contributed by atoms with Gasteiger partial charge in [-0.2, -0.15) is 0 Å². The molecule has 0 atom stereocenters. The van der Waals surface area contributed by atoms with Gasteiger partial charge in [-0.25, -0.2) is 0 Å². The van der Waals surface area contributed by atoms with E-state index in [1.165, 1.54) is 6.26 Å². The monoisotopic (exact) mass is 328 g/mol. The summed E-state index contributed by atoms with van der Waals surface area (Å²) in [7, 11) is 0. The van der Waals surface area contributed by atoms with Gasteiger partial charge in [0.15, 0.2) is 5.76 Å². The van der Waals surface area contributed by atoms with Crippen molar-refractivity contribution in [2.24, 2.45) is 0 Å². The summed E-state index contributed by atoms with van der Waals surface area (Å²) in [6.07, 6.45) is 1.82. The topological polar surface area (TPSA) is 63.0 Å². The van der Waals surface area contributed by atoms with Crippen LogP contribution in [0.2, 0.25) is 0 Å². The average molecular weight is 328 g/mol. The molecule has 6 nitrogen and oxygen atoms in total. The third-order valence-corrected chi connectivity index (χ3v) is 3.98. The predicted octanol–water partition coefficient (Wildman–Crippen LogP) is 2.03. The van der Waals surface area contributed by atoms with Crippen molar-refractivity contribution < 1.29 is 18.7 Å². The third-order valence-electron chi connectivity index (χ3n) is 3.98. The number of ether oxygens (including phenoxy) is 1. The van der Waals surface area contributed by atoms with Crippen LogP contribution >= 0.6 is 0 Å². The lowest BCUT2D eigenvalue weighted by molar-refractivity contribution is -0.133. The van der Waals surface area contributed by atoms with E-state index in [-0.39, 0.29) is 11.8 Å². The van der Waals surface area contributed by atoms with Crippen LogP contribution in [-0.2, 0) is 4.79 Å². The van der Waals surface area contributed by atoms with Crippen molar-refractivity contribution in [3.8, 4) is 5.75 Å². The summed E-state index contributed by atoms with van der Waals surface area (Å²) in [6, 6.07) is 12.8. The van der Waals surface area contributed by atoms with E-state index in [4.69, 9.17) is 9.15 Å². The van der Waals surface area contributed by atoms with Gasteiger partial charge in [-0.05, 0) is 24.3 Å². The van der Waals surface area contributed by atoms with Crippen molar-refractivity contribution in [1.29, 1.82) is 0 Å². The van der Waals surface area contributed by atoms with Crippen molar-refractivity contribution >= 4 is 11.8 Å². The molecule has 1 saturated heterocycles. The first-order valence-corrected chi connectivity index (χ1v) is 8.02. The van der Waals surface area contributed by atoms with E-state index in [9.17, 15) is 9.59 Å². The van der Waals surface area contributed by atoms with Gasteiger partial charge >= 0.3 is 0 Å². The third kappa shape index (κ3) is 3.95. The van der Waals surface area contributed by atoms with Crippen LogP contribution in [0, 0.1) is 0 Å². The Morgan fingerprint density at radius 2 is 1.67 bits per heavy atom. The summed E-state index contributed by atoms with van der Waals surface area (Å²) in [5.74, 6) is 1.03. The Hall–Kier alpha value is -2.76. The van der Waals surface area contributed by atoms with E-state index < -0.39 is 0 Å². The normalized spacial score (nSPS) is 14.5. The molecule has 0 bridgehead atoms. The highest BCUT2D eigenvalue weighted by Gasteiger charge is 2.25. The van der Waals surface area contributed by atoms with E-state index in [1.54, 1.807) is 21.9 Å². The van der Waals surface area contributed by atoms with Gasteiger partial charge in [0.1, 0.15) is 5.75 Å². The summed E-state index contributed by atoms with van der Waals surface area (Å²) in [6.45, 7) is 2.47. The van der Waals surface area contributed by atoms with E-state index in [0.717, 1.165) is 5.75 Å². The van der Waals surface area contributed by atoms with E-state index in [0.29, 0.717) is 45.0 Å². The van der Waals surface area contributed by atoms with Gasteiger partial charge in [0, 0.05) is 26.2 Å². The molecule has 2 amide bonds. The largest absolute Gasteiger partial charge is 0.493 e. The molecule has 0 aliphatic carbocycles. The highest BCUT2D eigenvalue weighted by molar-refractivity contribution is 5.91. The molecule has 1 aliphatic heterocycles. The summed E-state index contributed by atoms with van der Waals surface area (Å²) in [5, 5.41) is 0. The lowest BCUT2D eigenvalue weighted by Gasteiger charge is -2.34. The zero-order chi connectivity index (χ0) is 16.8. The average Bonchev–Trinajstić information content (AvgIpc) is 3.17. The van der Waals surface area contributed by atoms with Crippen LogP contribution in [0.1, 0.15) is 17.0 Å². The summed E-state index contributed by atoms with van der Waals surface area (Å²) in [5.41, 5.74) is 0. The van der Waals surface area contributed by atoms with Crippen LogP contribution in [0.15, 0.2) is 53.1 Å². The number of furan rings is 1. The van der Waals surface area contributed by atoms with Crippen molar-refractivity contribution in [2.45, 2.75) is 6.42 Å². The first kappa shape index (κ1) is 16.1. The Labute approximate surface area is 140 Å². The van der Waals surface area contributed by atoms with Gasteiger partial charge in [0.05, 0.1) is 19.3 Å². The van der Waals surface area contributed by atoms with Crippen LogP contribution in [-0.4, -0.2) is 54.4 Å². The van der Waals surface area contributed by atoms with Crippen molar-refractivity contribution in [3.05, 3.63) is 54.5 Å². The molecule has 0 saturated carbocycles. The van der Waals surface area contributed by atoms with Crippen LogP contribution in [0.25, 0.3) is 0 Å². The molecule has 1 aromatic carbocycles. The molecule has 0 unspecified atom stereocenters. The highest BCUT2D eigenvalue weighted by atomic mass is 16.5. The molecule has 2 aromatic rings. The Bertz CT molecular complexity index is 662. The van der Waals surface area contributed by atoms with Crippen molar-refractivity contribution in [3.63, 3.8) is 0 Å². The minimum absolute atomic E-state index is 0.0519. The van der Waals surface area contributed by atoms with Crippen LogP contribution in [0.4, 0.5) is 0 Å². The maximum absolute atomic E-state index is 12.2. The molecule has 1 fully saturated rings. The predicted molar refractivity (Wildman–Crippen MR) is 87.7 cm³/mol. The molecule has 126 valence electrons. The zero-order valence-electron chi connectivity index (χ0n) is 13.4. The number of para-hydroxylation sites is 1. The molecular weight excluding hydrogens is 308 g/mol. The molecule has 6 heteroatoms. The molecular formula is C18H20N2O4. The minimum Gasteiger partial charge on any atom is -0.493 e. The number of nitrogens with zero attached hydrogens (tertiary/aromatic N) is 2. The molecule has 2 heterocycles. The second kappa shape index (κ2) is 7.68. The Balaban J connectivity index is 1.41. The minimum atomic E-state index is -0.125. The summed E-state index contributed by atoms with van der Waals surface area (Å²) >= 11 is 0. The maximum Gasteiger partial charge on any atom is 0.289 e. The Kier molecular flexibility index (Phi) is 5.15. The lowest BCUT2D eigenvalue weighted by atomic mass is 10.2. The molecule has 1 aromatic heterocycles. The lowest BCUT2D eigenvalue weighted by Crippen LogP contribution is -2.50. The molecule has 0 radical (unpaired) electrons. The molecule has 1 aliphatic rings. The zero-order valence-corrected chi connectivity index (χ0v) is 13.4. The summed E-state index contributed by atoms with van der Waals surface area (Å²) in [4.78, 5) is 27.9. The van der Waals surface area contributed by atoms with Crippen molar-refractivity contribution in [1.82, 2.24) is 9.80 Å². The number of amides is 2. The maximum atomic E-state index is 12.2. The van der Waals surface area contributed by atoms with Crippen LogP contribution < -0.4 is 4.74 Å². The number of carbonyl (C=O) groups is 2. The molecule has 0 N–H and O–H groups in total. The van der Waals surface area contributed by atoms with Crippen molar-refractivity contribution in [2.75, 3.05) is 32.8 Å². The Morgan fingerprint density at radius 1 is 0.958 bits per heavy atom. The fourth-order valence-electron chi connectivity index (χ4n) is 2.65. The molecule has 0 spiro atoms. The quantitative estimate of drug-likeness (QED) is 0.842. The van der Waals surface area contributed by atoms with E-state index >= 15 is 0 Å². The fraction of sp³-hybridized carbons (Fsp3) is 0.333. The number of hydrogen-bond acceptors (Lipinski definition) is 4. The van der Waals surface area contributed by atoms with Gasteiger partial charge in [0.25, 0.3) is 5.91 Å². The van der Waals surface area contributed by atoms with Crippen LogP contribution in [0.5, 0.6) is 5.75 Å². The SMILES string of the molecule is O=C(CCOc1ccccc1)N1CCN(C(=O)c2ccco2)CC1. The van der Waals surface area contributed by atoms with E-state index in [1.807, 2.05) is 30.3 Å². The molecule has 24 heavy (non-hydrogen) atoms. The van der Waals surface area contributed by atoms with Gasteiger partial charge in [-0.3, -0.25) is 9.59 Å². The van der Waals surface area contributed by atoms with Gasteiger partial charge < -0.3 is 19.0 Å². The smallest absolute Gasteiger partial charge is 0.289 e.